The smallest absolute Gasteiger partial charge is 0.322 e. The third-order valence-electron chi connectivity index (χ3n) is 5.68. The topological polar surface area (TPSA) is 101 Å². The minimum absolute atomic E-state index is 0.172. The summed E-state index contributed by atoms with van der Waals surface area (Å²) in [4.78, 5) is 48.4. The summed E-state index contributed by atoms with van der Waals surface area (Å²) >= 11 is 0. The van der Waals surface area contributed by atoms with Crippen LogP contribution in [0.1, 0.15) is 48.0 Å². The molecule has 2 heterocycles. The fourth-order valence-corrected chi connectivity index (χ4v) is 4.03. The van der Waals surface area contributed by atoms with Crippen LogP contribution in [-0.2, 0) is 6.54 Å². The molecule has 4 aromatic rings. The highest BCUT2D eigenvalue weighted by atomic mass is 16.5. The van der Waals surface area contributed by atoms with Gasteiger partial charge in [0.25, 0.3) is 17.7 Å². The molecule has 3 aromatic carbocycles. The number of carbonyl (C=O) groups excluding carboxylic acids is 3. The molecule has 1 aliphatic rings. The fourth-order valence-electron chi connectivity index (χ4n) is 4.03. The number of nitrogens with one attached hydrogen (secondary N) is 1. The van der Waals surface area contributed by atoms with Gasteiger partial charge >= 0.3 is 6.01 Å². The second-order valence-corrected chi connectivity index (χ2v) is 8.46. The molecule has 1 aromatic heterocycles. The first kappa shape index (κ1) is 22.9. The highest BCUT2D eigenvalue weighted by Gasteiger charge is 2.36. The van der Waals surface area contributed by atoms with E-state index in [0.29, 0.717) is 11.4 Å². The van der Waals surface area contributed by atoms with Crippen molar-refractivity contribution in [3.63, 3.8) is 0 Å². The molecule has 178 valence electrons. The maximum Gasteiger partial charge on any atom is 0.322 e. The molecule has 8 heteroatoms. The lowest BCUT2D eigenvalue weighted by Crippen LogP contribution is -2.29. The first-order chi connectivity index (χ1) is 17.4. The number of anilines is 1. The van der Waals surface area contributed by atoms with Gasteiger partial charge in [0.05, 0.1) is 17.7 Å². The Bertz CT molecular complexity index is 1480. The molecule has 0 atom stereocenters. The van der Waals surface area contributed by atoms with Gasteiger partial charge in [0.2, 0.25) is 0 Å². The molecule has 0 saturated carbocycles. The first-order valence-corrected chi connectivity index (χ1v) is 11.3. The highest BCUT2D eigenvalue weighted by Crippen LogP contribution is 2.27. The van der Waals surface area contributed by atoms with Gasteiger partial charge in [0, 0.05) is 28.7 Å². The quantitative estimate of drug-likeness (QED) is 0.394. The van der Waals surface area contributed by atoms with E-state index in [1.165, 1.54) is 23.1 Å². The lowest BCUT2D eigenvalue weighted by atomic mass is 10.1. The van der Waals surface area contributed by atoms with E-state index < -0.39 is 11.8 Å². The maximum absolute atomic E-state index is 13.0. The number of benzene rings is 3. The zero-order valence-electron chi connectivity index (χ0n) is 19.7. The molecule has 0 fully saturated rings. The summed E-state index contributed by atoms with van der Waals surface area (Å²) in [5, 5.41) is 2.81. The van der Waals surface area contributed by atoms with Crippen molar-refractivity contribution in [1.29, 1.82) is 0 Å². The summed E-state index contributed by atoms with van der Waals surface area (Å²) in [5.41, 5.74) is 3.68. The third kappa shape index (κ3) is 4.69. The Labute approximate surface area is 207 Å². The zero-order chi connectivity index (χ0) is 25.2. The normalized spacial score (nSPS) is 12.4. The van der Waals surface area contributed by atoms with Gasteiger partial charge in [-0.2, -0.15) is 0 Å². The molecular weight excluding hydrogens is 456 g/mol. The predicted octanol–water partition coefficient (Wildman–Crippen LogP) is 4.93. The number of rotatable bonds is 6. The Morgan fingerprint density at radius 2 is 1.56 bits per heavy atom. The number of carbonyl (C=O) groups is 3. The van der Waals surface area contributed by atoms with Crippen LogP contribution in [0.25, 0.3) is 0 Å². The molecule has 0 aliphatic carbocycles. The van der Waals surface area contributed by atoms with Gasteiger partial charge < -0.3 is 10.1 Å². The molecule has 0 saturated heterocycles. The Kier molecular flexibility index (Phi) is 6.00. The van der Waals surface area contributed by atoms with E-state index in [1.807, 2.05) is 50.2 Å². The monoisotopic (exact) mass is 478 g/mol. The molecule has 0 radical (unpaired) electrons. The van der Waals surface area contributed by atoms with Crippen molar-refractivity contribution >= 4 is 23.4 Å². The number of aromatic nitrogens is 2. The molecule has 0 unspecified atom stereocenters. The van der Waals surface area contributed by atoms with E-state index in [0.717, 1.165) is 17.0 Å². The van der Waals surface area contributed by atoms with Crippen LogP contribution in [0.4, 0.5) is 5.69 Å². The van der Waals surface area contributed by atoms with Gasteiger partial charge in [0.15, 0.2) is 0 Å². The molecule has 0 bridgehead atoms. The predicted molar refractivity (Wildman–Crippen MR) is 133 cm³/mol. The second kappa shape index (κ2) is 9.42. The third-order valence-corrected chi connectivity index (χ3v) is 5.68. The second-order valence-electron chi connectivity index (χ2n) is 8.46. The molecule has 3 amide bonds. The van der Waals surface area contributed by atoms with E-state index in [9.17, 15) is 14.4 Å². The minimum Gasteiger partial charge on any atom is -0.424 e. The van der Waals surface area contributed by atoms with Crippen LogP contribution in [0.15, 0.2) is 78.9 Å². The van der Waals surface area contributed by atoms with Crippen LogP contribution in [0, 0.1) is 13.8 Å². The molecular formula is C28H22N4O4. The first-order valence-electron chi connectivity index (χ1n) is 11.3. The lowest BCUT2D eigenvalue weighted by Gasteiger charge is -2.13. The van der Waals surface area contributed by atoms with Gasteiger partial charge in [-0.3, -0.25) is 19.3 Å². The van der Waals surface area contributed by atoms with E-state index in [-0.39, 0.29) is 35.2 Å². The standard InChI is InChI=1S/C28H22N4O4/c1-17-13-18(2)30-28(29-17)36-22-10-6-9-21(15-22)31-25(33)20-11-12-23-24(14-20)27(35)32(26(23)34)16-19-7-4-3-5-8-19/h3-15H,16H2,1-2H3,(H,31,33). The number of amides is 3. The highest BCUT2D eigenvalue weighted by molar-refractivity contribution is 6.22. The summed E-state index contributed by atoms with van der Waals surface area (Å²) in [6.07, 6.45) is 0. The van der Waals surface area contributed by atoms with Crippen LogP contribution >= 0.6 is 0 Å². The van der Waals surface area contributed by atoms with Crippen molar-refractivity contribution in [2.45, 2.75) is 20.4 Å². The summed E-state index contributed by atoms with van der Waals surface area (Å²) in [5.74, 6) is -0.745. The van der Waals surface area contributed by atoms with Crippen molar-refractivity contribution in [2.24, 2.45) is 0 Å². The van der Waals surface area contributed by atoms with Crippen LogP contribution < -0.4 is 10.1 Å². The van der Waals surface area contributed by atoms with Crippen LogP contribution in [0.5, 0.6) is 11.8 Å². The number of hydrogen-bond acceptors (Lipinski definition) is 6. The molecule has 36 heavy (non-hydrogen) atoms. The number of nitrogens with zero attached hydrogens (tertiary/aromatic N) is 3. The van der Waals surface area contributed by atoms with Gasteiger partial charge in [-0.05, 0) is 55.8 Å². The van der Waals surface area contributed by atoms with Crippen molar-refractivity contribution in [3.8, 4) is 11.8 Å². The number of aryl methyl sites for hydroxylation is 2. The van der Waals surface area contributed by atoms with Crippen molar-refractivity contribution < 1.29 is 19.1 Å². The van der Waals surface area contributed by atoms with Gasteiger partial charge in [0.1, 0.15) is 5.75 Å². The van der Waals surface area contributed by atoms with E-state index in [2.05, 4.69) is 15.3 Å². The number of ether oxygens (including phenoxy) is 1. The lowest BCUT2D eigenvalue weighted by molar-refractivity contribution is 0.0642. The summed E-state index contributed by atoms with van der Waals surface area (Å²) in [7, 11) is 0. The average Bonchev–Trinajstić information content (AvgIpc) is 3.08. The minimum atomic E-state index is -0.419. The zero-order valence-corrected chi connectivity index (χ0v) is 19.7. The summed E-state index contributed by atoms with van der Waals surface area (Å²) in [6.45, 7) is 3.88. The number of imide groups is 1. The maximum atomic E-state index is 13.0. The Balaban J connectivity index is 1.31. The average molecular weight is 479 g/mol. The van der Waals surface area contributed by atoms with Crippen molar-refractivity contribution in [3.05, 3.63) is 113 Å². The number of hydrogen-bond donors (Lipinski definition) is 1. The van der Waals surface area contributed by atoms with Crippen molar-refractivity contribution in [1.82, 2.24) is 14.9 Å². The Hall–Kier alpha value is -4.85. The van der Waals surface area contributed by atoms with E-state index in [4.69, 9.17) is 4.74 Å². The van der Waals surface area contributed by atoms with Crippen LogP contribution in [-0.4, -0.2) is 32.6 Å². The van der Waals surface area contributed by atoms with E-state index in [1.54, 1.807) is 24.3 Å². The Morgan fingerprint density at radius 1 is 0.833 bits per heavy atom. The molecule has 5 rings (SSSR count). The van der Waals surface area contributed by atoms with Crippen LogP contribution in [0.3, 0.4) is 0 Å². The van der Waals surface area contributed by atoms with Crippen LogP contribution in [0.2, 0.25) is 0 Å². The molecule has 1 N–H and O–H groups in total. The summed E-state index contributed by atoms with van der Waals surface area (Å²) < 4.78 is 5.75. The number of fused-ring (bicyclic) bond motifs is 1. The van der Waals surface area contributed by atoms with Gasteiger partial charge in [-0.25, -0.2) is 9.97 Å². The molecule has 0 spiro atoms. The van der Waals surface area contributed by atoms with Gasteiger partial charge in [-0.1, -0.05) is 36.4 Å². The molecule has 1 aliphatic heterocycles. The van der Waals surface area contributed by atoms with Gasteiger partial charge in [-0.15, -0.1) is 0 Å². The Morgan fingerprint density at radius 3 is 2.31 bits per heavy atom. The fraction of sp³-hybridized carbons (Fsp3) is 0.107. The molecule has 8 nitrogen and oxygen atoms in total. The van der Waals surface area contributed by atoms with Crippen molar-refractivity contribution in [2.75, 3.05) is 5.32 Å². The SMILES string of the molecule is Cc1cc(C)nc(Oc2cccc(NC(=O)c3ccc4c(c3)C(=O)N(Cc3ccccc3)C4=O)c2)n1. The van der Waals surface area contributed by atoms with E-state index >= 15 is 0 Å². The largest absolute Gasteiger partial charge is 0.424 e. The summed E-state index contributed by atoms with van der Waals surface area (Å²) in [6, 6.07) is 22.7.